The number of benzene rings is 1. The molecule has 5 N–H and O–H groups in total. The maximum absolute atomic E-state index is 11.5. The lowest BCUT2D eigenvalue weighted by atomic mass is 9.77. The Labute approximate surface area is 88.6 Å². The molecule has 0 unspecified atom stereocenters. The van der Waals surface area contributed by atoms with Crippen molar-refractivity contribution in [3.8, 4) is 0 Å². The summed E-state index contributed by atoms with van der Waals surface area (Å²) in [5.41, 5.74) is 14.2. The van der Waals surface area contributed by atoms with Gasteiger partial charge in [0.25, 0.3) is 0 Å². The first-order valence-corrected chi connectivity index (χ1v) is 4.89. The third kappa shape index (κ3) is 1.52. The molecule has 0 spiro atoms. The van der Waals surface area contributed by atoms with E-state index >= 15 is 0 Å². The summed E-state index contributed by atoms with van der Waals surface area (Å²) in [7, 11) is 0. The fourth-order valence-corrected chi connectivity index (χ4v) is 1.99. The molecule has 1 aromatic carbocycles. The Morgan fingerprint density at radius 3 is 2.53 bits per heavy atom. The maximum atomic E-state index is 11.5. The van der Waals surface area contributed by atoms with Crippen LogP contribution in [-0.2, 0) is 10.2 Å². The van der Waals surface area contributed by atoms with Crippen LogP contribution >= 0.6 is 0 Å². The van der Waals surface area contributed by atoms with Crippen LogP contribution < -0.4 is 16.8 Å². The Kier molecular flexibility index (Phi) is 1.89. The van der Waals surface area contributed by atoms with Gasteiger partial charge in [-0.3, -0.25) is 4.79 Å². The van der Waals surface area contributed by atoms with Crippen molar-refractivity contribution >= 4 is 23.0 Å². The van der Waals surface area contributed by atoms with Crippen molar-refractivity contribution in [1.29, 1.82) is 0 Å². The van der Waals surface area contributed by atoms with E-state index in [-0.39, 0.29) is 11.3 Å². The number of carbonyl (C=O) groups excluding carboxylic acids is 1. The van der Waals surface area contributed by atoms with Crippen molar-refractivity contribution < 1.29 is 4.79 Å². The number of hydrogen-bond donors (Lipinski definition) is 3. The van der Waals surface area contributed by atoms with Crippen LogP contribution in [0.4, 0.5) is 17.1 Å². The third-order valence-electron chi connectivity index (χ3n) is 2.83. The Bertz CT molecular complexity index is 438. The Morgan fingerprint density at radius 1 is 1.27 bits per heavy atom. The summed E-state index contributed by atoms with van der Waals surface area (Å²) in [6.45, 7) is 4.06. The van der Waals surface area contributed by atoms with Gasteiger partial charge in [-0.15, -0.1) is 0 Å². The van der Waals surface area contributed by atoms with Crippen LogP contribution in [0.15, 0.2) is 12.1 Å². The zero-order valence-corrected chi connectivity index (χ0v) is 8.92. The zero-order chi connectivity index (χ0) is 11.2. The molecular formula is C11H15N3O. The first-order valence-electron chi connectivity index (χ1n) is 4.89. The SMILES string of the molecule is CC1(C)CC(=O)Nc2cc(N)c(N)cc21. The summed E-state index contributed by atoms with van der Waals surface area (Å²) < 4.78 is 0. The molecule has 15 heavy (non-hydrogen) atoms. The highest BCUT2D eigenvalue weighted by Crippen LogP contribution is 2.39. The number of nitrogens with one attached hydrogen (secondary N) is 1. The Balaban J connectivity index is 2.62. The van der Waals surface area contributed by atoms with Gasteiger partial charge < -0.3 is 16.8 Å². The average molecular weight is 205 g/mol. The molecule has 0 bridgehead atoms. The molecule has 1 aliphatic rings. The van der Waals surface area contributed by atoms with Gasteiger partial charge in [0.1, 0.15) is 0 Å². The minimum atomic E-state index is -0.181. The van der Waals surface area contributed by atoms with E-state index in [1.54, 1.807) is 6.07 Å². The standard InChI is InChI=1S/C11H15N3O/c1-11(2)5-10(15)14-9-4-8(13)7(12)3-6(9)11/h3-4H,5,12-13H2,1-2H3,(H,14,15). The molecule has 1 heterocycles. The highest BCUT2D eigenvalue weighted by atomic mass is 16.1. The van der Waals surface area contributed by atoms with Crippen molar-refractivity contribution in [1.82, 2.24) is 0 Å². The third-order valence-corrected chi connectivity index (χ3v) is 2.83. The van der Waals surface area contributed by atoms with Gasteiger partial charge in [-0.05, 0) is 17.7 Å². The quantitative estimate of drug-likeness (QED) is 0.561. The highest BCUT2D eigenvalue weighted by molar-refractivity contribution is 5.97. The van der Waals surface area contributed by atoms with E-state index in [0.717, 1.165) is 11.3 Å². The number of carbonyl (C=O) groups is 1. The predicted molar refractivity (Wildman–Crippen MR) is 61.5 cm³/mol. The number of nitrogen functional groups attached to an aromatic ring is 2. The van der Waals surface area contributed by atoms with E-state index in [9.17, 15) is 4.79 Å². The average Bonchev–Trinajstić information content (AvgIpc) is 2.07. The van der Waals surface area contributed by atoms with Gasteiger partial charge in [0, 0.05) is 17.5 Å². The Morgan fingerprint density at radius 2 is 1.87 bits per heavy atom. The van der Waals surface area contributed by atoms with Crippen molar-refractivity contribution in [2.24, 2.45) is 0 Å². The van der Waals surface area contributed by atoms with Gasteiger partial charge in [0.2, 0.25) is 5.91 Å². The highest BCUT2D eigenvalue weighted by Gasteiger charge is 2.32. The van der Waals surface area contributed by atoms with Crippen LogP contribution in [0, 0.1) is 0 Å². The summed E-state index contributed by atoms with van der Waals surface area (Å²) in [6.07, 6.45) is 0.476. The number of hydrogen-bond acceptors (Lipinski definition) is 3. The summed E-state index contributed by atoms with van der Waals surface area (Å²) in [5.74, 6) is 0.0247. The molecule has 0 aromatic heterocycles. The molecular weight excluding hydrogens is 190 g/mol. The largest absolute Gasteiger partial charge is 0.397 e. The fraction of sp³-hybridized carbons (Fsp3) is 0.364. The molecule has 2 rings (SSSR count). The molecule has 0 fully saturated rings. The van der Waals surface area contributed by atoms with Crippen molar-refractivity contribution in [2.75, 3.05) is 16.8 Å². The molecule has 1 aliphatic heterocycles. The van der Waals surface area contributed by atoms with Gasteiger partial charge in [-0.25, -0.2) is 0 Å². The minimum Gasteiger partial charge on any atom is -0.397 e. The van der Waals surface area contributed by atoms with Gasteiger partial charge in [0.05, 0.1) is 11.4 Å². The van der Waals surface area contributed by atoms with Crippen molar-refractivity contribution in [3.05, 3.63) is 17.7 Å². The number of fused-ring (bicyclic) bond motifs is 1. The monoisotopic (exact) mass is 205 g/mol. The van der Waals surface area contributed by atoms with Crippen LogP contribution in [0.25, 0.3) is 0 Å². The normalized spacial score (nSPS) is 18.1. The number of anilines is 3. The topological polar surface area (TPSA) is 81.1 Å². The van der Waals surface area contributed by atoms with Gasteiger partial charge in [0.15, 0.2) is 0 Å². The summed E-state index contributed by atoms with van der Waals surface area (Å²) in [6, 6.07) is 3.58. The van der Waals surface area contributed by atoms with Gasteiger partial charge in [-0.1, -0.05) is 13.8 Å². The second-order valence-electron chi connectivity index (χ2n) is 4.64. The number of amides is 1. The molecule has 1 aromatic rings. The van der Waals surface area contributed by atoms with Crippen LogP contribution in [0.2, 0.25) is 0 Å². The maximum Gasteiger partial charge on any atom is 0.225 e. The van der Waals surface area contributed by atoms with Crippen LogP contribution in [0.1, 0.15) is 25.8 Å². The molecule has 4 nitrogen and oxygen atoms in total. The minimum absolute atomic E-state index is 0.0247. The number of rotatable bonds is 0. The summed E-state index contributed by atoms with van der Waals surface area (Å²) >= 11 is 0. The van der Waals surface area contributed by atoms with Gasteiger partial charge >= 0.3 is 0 Å². The molecule has 0 saturated carbocycles. The predicted octanol–water partition coefficient (Wildman–Crippen LogP) is 1.47. The lowest BCUT2D eigenvalue weighted by Crippen LogP contribution is -2.32. The van der Waals surface area contributed by atoms with E-state index in [2.05, 4.69) is 5.32 Å². The molecule has 0 atom stereocenters. The Hall–Kier alpha value is -1.71. The van der Waals surface area contributed by atoms with E-state index in [0.29, 0.717) is 17.8 Å². The summed E-state index contributed by atoms with van der Waals surface area (Å²) in [4.78, 5) is 11.5. The first kappa shape index (κ1) is 9.83. The fourth-order valence-electron chi connectivity index (χ4n) is 1.99. The van der Waals surface area contributed by atoms with Crippen LogP contribution in [-0.4, -0.2) is 5.91 Å². The van der Waals surface area contributed by atoms with Crippen molar-refractivity contribution in [3.63, 3.8) is 0 Å². The number of nitrogens with two attached hydrogens (primary N) is 2. The lowest BCUT2D eigenvalue weighted by Gasteiger charge is -2.32. The van der Waals surface area contributed by atoms with Gasteiger partial charge in [-0.2, -0.15) is 0 Å². The van der Waals surface area contributed by atoms with E-state index < -0.39 is 0 Å². The van der Waals surface area contributed by atoms with Crippen LogP contribution in [0.5, 0.6) is 0 Å². The van der Waals surface area contributed by atoms with Crippen molar-refractivity contribution in [2.45, 2.75) is 25.7 Å². The molecule has 4 heteroatoms. The smallest absolute Gasteiger partial charge is 0.225 e. The van der Waals surface area contributed by atoms with E-state index in [1.165, 1.54) is 0 Å². The second kappa shape index (κ2) is 2.89. The molecule has 80 valence electrons. The molecule has 0 aliphatic carbocycles. The summed E-state index contributed by atoms with van der Waals surface area (Å²) in [5, 5.41) is 2.81. The van der Waals surface area contributed by atoms with E-state index in [1.807, 2.05) is 19.9 Å². The lowest BCUT2D eigenvalue weighted by molar-refractivity contribution is -0.117. The van der Waals surface area contributed by atoms with Crippen LogP contribution in [0.3, 0.4) is 0 Å². The second-order valence-corrected chi connectivity index (χ2v) is 4.64. The zero-order valence-electron chi connectivity index (χ0n) is 8.92. The molecule has 0 radical (unpaired) electrons. The van der Waals surface area contributed by atoms with E-state index in [4.69, 9.17) is 11.5 Å². The molecule has 0 saturated heterocycles. The molecule has 1 amide bonds. The first-order chi connectivity index (χ1) is 6.90.